The van der Waals surface area contributed by atoms with Gasteiger partial charge >= 0.3 is 0 Å². The van der Waals surface area contributed by atoms with Gasteiger partial charge in [0.2, 0.25) is 0 Å². The number of carbonyl (C=O) groups is 1. The lowest BCUT2D eigenvalue weighted by molar-refractivity contribution is 0.100. The highest BCUT2D eigenvalue weighted by Gasteiger charge is 2.14. The molecule has 2 N–H and O–H groups in total. The highest BCUT2D eigenvalue weighted by molar-refractivity contribution is 6.34. The van der Waals surface area contributed by atoms with E-state index in [1.54, 1.807) is 0 Å². The van der Waals surface area contributed by atoms with Crippen LogP contribution in [0, 0.1) is 11.6 Å². The number of hydrogen-bond acceptors (Lipinski definition) is 2. The summed E-state index contributed by atoms with van der Waals surface area (Å²) in [5.41, 5.74) is 4.80. The number of carbonyl (C=O) groups excluding carboxylic acids is 1. The largest absolute Gasteiger partial charge is 0.324 e. The summed E-state index contributed by atoms with van der Waals surface area (Å²) in [5.74, 6) is -2.40. The van der Waals surface area contributed by atoms with Crippen molar-refractivity contribution in [2.75, 3.05) is 6.54 Å². The number of rotatable bonds is 2. The smallest absolute Gasteiger partial charge is 0.178 e. The molecule has 1 aromatic rings. The van der Waals surface area contributed by atoms with Crippen LogP contribution in [0.1, 0.15) is 10.4 Å². The van der Waals surface area contributed by atoms with Gasteiger partial charge in [-0.3, -0.25) is 4.79 Å². The average molecular weight is 206 g/mol. The Morgan fingerprint density at radius 3 is 2.62 bits per heavy atom. The van der Waals surface area contributed by atoms with Crippen LogP contribution in [0.3, 0.4) is 0 Å². The monoisotopic (exact) mass is 205 g/mol. The van der Waals surface area contributed by atoms with Gasteiger partial charge in [0.1, 0.15) is 11.6 Å². The van der Waals surface area contributed by atoms with E-state index in [0.717, 1.165) is 6.07 Å². The maximum atomic E-state index is 12.8. The molecule has 0 amide bonds. The van der Waals surface area contributed by atoms with Crippen LogP contribution >= 0.6 is 11.6 Å². The molecule has 0 spiro atoms. The highest BCUT2D eigenvalue weighted by Crippen LogP contribution is 2.21. The Kier molecular flexibility index (Phi) is 2.95. The van der Waals surface area contributed by atoms with E-state index in [-0.39, 0.29) is 12.1 Å². The molecule has 0 fully saturated rings. The number of benzene rings is 1. The molecule has 0 aliphatic heterocycles. The standard InChI is InChI=1S/C8H6ClF2NO/c9-8-5(7(13)3-12)1-4(10)2-6(8)11/h1-2H,3,12H2. The van der Waals surface area contributed by atoms with Crippen LogP contribution in [-0.4, -0.2) is 12.3 Å². The van der Waals surface area contributed by atoms with Crippen molar-refractivity contribution in [3.8, 4) is 0 Å². The van der Waals surface area contributed by atoms with Crippen molar-refractivity contribution in [3.05, 3.63) is 34.4 Å². The maximum absolute atomic E-state index is 12.8. The topological polar surface area (TPSA) is 43.1 Å². The third kappa shape index (κ3) is 2.02. The SMILES string of the molecule is NCC(=O)c1cc(F)cc(F)c1Cl. The predicted molar refractivity (Wildman–Crippen MR) is 44.8 cm³/mol. The van der Waals surface area contributed by atoms with Crippen LogP contribution in [0.2, 0.25) is 5.02 Å². The molecule has 0 heterocycles. The van der Waals surface area contributed by atoms with E-state index in [2.05, 4.69) is 0 Å². The summed E-state index contributed by atoms with van der Waals surface area (Å²) in [6, 6.07) is 1.47. The Hall–Kier alpha value is -1.00. The zero-order valence-corrected chi connectivity index (χ0v) is 7.24. The van der Waals surface area contributed by atoms with Crippen molar-refractivity contribution >= 4 is 17.4 Å². The molecule has 0 unspecified atom stereocenters. The van der Waals surface area contributed by atoms with Crippen molar-refractivity contribution in [3.63, 3.8) is 0 Å². The zero-order chi connectivity index (χ0) is 10.0. The summed E-state index contributed by atoms with van der Waals surface area (Å²) in [4.78, 5) is 11.0. The molecule has 13 heavy (non-hydrogen) atoms. The molecule has 70 valence electrons. The molecular formula is C8H6ClF2NO. The molecule has 0 bridgehead atoms. The van der Waals surface area contributed by atoms with Crippen LogP contribution in [0.15, 0.2) is 12.1 Å². The molecule has 1 aromatic carbocycles. The molecule has 0 aliphatic rings. The first-order valence-corrected chi connectivity index (χ1v) is 3.82. The van der Waals surface area contributed by atoms with Gasteiger partial charge in [-0.1, -0.05) is 11.6 Å². The zero-order valence-electron chi connectivity index (χ0n) is 6.48. The summed E-state index contributed by atoms with van der Waals surface area (Å²) in [6.45, 7) is -0.331. The average Bonchev–Trinajstić information content (AvgIpc) is 2.10. The Morgan fingerprint density at radius 1 is 1.46 bits per heavy atom. The fourth-order valence-electron chi connectivity index (χ4n) is 0.869. The van der Waals surface area contributed by atoms with E-state index >= 15 is 0 Å². The number of ketones is 1. The number of Topliss-reactive ketones (excluding diaryl/α,β-unsaturated/α-hetero) is 1. The van der Waals surface area contributed by atoms with Crippen molar-refractivity contribution in [2.24, 2.45) is 5.73 Å². The van der Waals surface area contributed by atoms with Crippen LogP contribution in [-0.2, 0) is 0 Å². The Balaban J connectivity index is 3.28. The van der Waals surface area contributed by atoms with Crippen molar-refractivity contribution in [2.45, 2.75) is 0 Å². The van der Waals surface area contributed by atoms with E-state index in [1.165, 1.54) is 0 Å². The second-order valence-electron chi connectivity index (χ2n) is 2.38. The van der Waals surface area contributed by atoms with Crippen LogP contribution in [0.5, 0.6) is 0 Å². The summed E-state index contributed by atoms with van der Waals surface area (Å²) in [7, 11) is 0. The van der Waals surface area contributed by atoms with Gasteiger partial charge < -0.3 is 5.73 Å². The second-order valence-corrected chi connectivity index (χ2v) is 2.75. The summed E-state index contributed by atoms with van der Waals surface area (Å²) < 4.78 is 25.4. The highest BCUT2D eigenvalue weighted by atomic mass is 35.5. The summed E-state index contributed by atoms with van der Waals surface area (Å²) >= 11 is 5.42. The first-order chi connectivity index (χ1) is 6.06. The number of halogens is 3. The molecule has 0 aliphatic carbocycles. The van der Waals surface area contributed by atoms with Gasteiger partial charge in [-0.25, -0.2) is 8.78 Å². The lowest BCUT2D eigenvalue weighted by Gasteiger charge is -2.02. The minimum atomic E-state index is -0.960. The minimum Gasteiger partial charge on any atom is -0.324 e. The van der Waals surface area contributed by atoms with Gasteiger partial charge in [0.05, 0.1) is 11.6 Å². The lowest BCUT2D eigenvalue weighted by atomic mass is 10.1. The Morgan fingerprint density at radius 2 is 2.08 bits per heavy atom. The second kappa shape index (κ2) is 3.81. The van der Waals surface area contributed by atoms with Crippen molar-refractivity contribution in [1.29, 1.82) is 0 Å². The van der Waals surface area contributed by atoms with E-state index in [0.29, 0.717) is 6.07 Å². The summed E-state index contributed by atoms with van der Waals surface area (Å²) in [6.07, 6.45) is 0. The van der Waals surface area contributed by atoms with E-state index in [4.69, 9.17) is 17.3 Å². The summed E-state index contributed by atoms with van der Waals surface area (Å²) in [5, 5.41) is -0.392. The predicted octanol–water partition coefficient (Wildman–Crippen LogP) is 1.76. The molecule has 0 saturated heterocycles. The third-order valence-electron chi connectivity index (χ3n) is 1.48. The van der Waals surface area contributed by atoms with Crippen molar-refractivity contribution < 1.29 is 13.6 Å². The molecule has 0 saturated carbocycles. The fourth-order valence-corrected chi connectivity index (χ4v) is 1.08. The molecule has 1 rings (SSSR count). The van der Waals surface area contributed by atoms with E-state index < -0.39 is 22.4 Å². The van der Waals surface area contributed by atoms with Crippen LogP contribution in [0.25, 0.3) is 0 Å². The van der Waals surface area contributed by atoms with Gasteiger partial charge in [-0.2, -0.15) is 0 Å². The van der Waals surface area contributed by atoms with Gasteiger partial charge in [0.25, 0.3) is 0 Å². The normalized spacial score (nSPS) is 10.2. The maximum Gasteiger partial charge on any atom is 0.178 e. The van der Waals surface area contributed by atoms with E-state index in [9.17, 15) is 13.6 Å². The van der Waals surface area contributed by atoms with E-state index in [1.807, 2.05) is 0 Å². The molecule has 0 aromatic heterocycles. The molecular weight excluding hydrogens is 200 g/mol. The molecule has 2 nitrogen and oxygen atoms in total. The first-order valence-electron chi connectivity index (χ1n) is 3.44. The number of hydrogen-bond donors (Lipinski definition) is 1. The molecule has 0 atom stereocenters. The molecule has 0 radical (unpaired) electrons. The number of nitrogens with two attached hydrogens (primary N) is 1. The van der Waals surface area contributed by atoms with Gasteiger partial charge in [-0.15, -0.1) is 0 Å². The van der Waals surface area contributed by atoms with Crippen molar-refractivity contribution in [1.82, 2.24) is 0 Å². The fraction of sp³-hybridized carbons (Fsp3) is 0.125. The third-order valence-corrected chi connectivity index (χ3v) is 1.86. The Labute approximate surface area is 78.3 Å². The van der Waals surface area contributed by atoms with Gasteiger partial charge in [0, 0.05) is 11.6 Å². The first kappa shape index (κ1) is 10.1. The van der Waals surface area contributed by atoms with Crippen LogP contribution in [0.4, 0.5) is 8.78 Å². The molecule has 5 heteroatoms. The van der Waals surface area contributed by atoms with Crippen LogP contribution < -0.4 is 5.73 Å². The Bertz CT molecular complexity index is 354. The van der Waals surface area contributed by atoms with Gasteiger partial charge in [0.15, 0.2) is 5.78 Å². The minimum absolute atomic E-state index is 0.221. The quantitative estimate of drug-likeness (QED) is 0.591. The van der Waals surface area contributed by atoms with Gasteiger partial charge in [-0.05, 0) is 6.07 Å². The lowest BCUT2D eigenvalue weighted by Crippen LogP contribution is -2.14.